The summed E-state index contributed by atoms with van der Waals surface area (Å²) in [4.78, 5) is 23.2. The van der Waals surface area contributed by atoms with Gasteiger partial charge in [0.2, 0.25) is 6.10 Å². The average Bonchev–Trinajstić information content (AvgIpc) is 2.60. The molecule has 7 heteroatoms. The summed E-state index contributed by atoms with van der Waals surface area (Å²) in [5, 5.41) is 11.4. The zero-order valence-electron chi connectivity index (χ0n) is 14.1. The third kappa shape index (κ3) is 5.54. The first-order chi connectivity index (χ1) is 12.4. The minimum atomic E-state index is -1.09. The Morgan fingerprint density at radius 1 is 1.12 bits per heavy atom. The van der Waals surface area contributed by atoms with E-state index in [1.807, 2.05) is 0 Å². The van der Waals surface area contributed by atoms with Gasteiger partial charge in [-0.15, -0.1) is 0 Å². The van der Waals surface area contributed by atoms with Gasteiger partial charge in [-0.3, -0.25) is 9.59 Å². The van der Waals surface area contributed by atoms with Crippen LogP contribution in [0.5, 0.6) is 5.75 Å². The number of benzene rings is 2. The molecule has 0 saturated heterocycles. The van der Waals surface area contributed by atoms with Crippen molar-refractivity contribution in [2.24, 2.45) is 5.92 Å². The van der Waals surface area contributed by atoms with Crippen LogP contribution in [0.15, 0.2) is 48.5 Å². The van der Waals surface area contributed by atoms with Gasteiger partial charge in [-0.1, -0.05) is 37.3 Å². The van der Waals surface area contributed by atoms with Gasteiger partial charge in [-0.2, -0.15) is 0 Å². The van der Waals surface area contributed by atoms with Crippen LogP contribution in [-0.4, -0.2) is 23.5 Å². The molecule has 2 aromatic rings. The van der Waals surface area contributed by atoms with E-state index in [2.05, 4.69) is 5.32 Å². The van der Waals surface area contributed by atoms with Gasteiger partial charge in [0, 0.05) is 24.6 Å². The predicted octanol–water partition coefficient (Wildman–Crippen LogP) is 3.31. The van der Waals surface area contributed by atoms with Crippen molar-refractivity contribution in [3.8, 4) is 5.75 Å². The van der Waals surface area contributed by atoms with Crippen LogP contribution in [0.1, 0.15) is 25.0 Å². The molecule has 0 fully saturated rings. The Bertz CT molecular complexity index is 767. The van der Waals surface area contributed by atoms with Gasteiger partial charge in [-0.25, -0.2) is 8.78 Å². The van der Waals surface area contributed by atoms with Gasteiger partial charge >= 0.3 is 5.97 Å². The molecule has 2 aromatic carbocycles. The molecule has 0 aliphatic rings. The molecule has 2 N–H and O–H groups in total. The molecule has 26 heavy (non-hydrogen) atoms. The van der Waals surface area contributed by atoms with E-state index < -0.39 is 29.6 Å². The second kappa shape index (κ2) is 8.94. The van der Waals surface area contributed by atoms with Crippen LogP contribution in [0, 0.1) is 17.6 Å². The minimum Gasteiger partial charge on any atom is -0.481 e. The maximum atomic E-state index is 13.4. The highest BCUT2D eigenvalue weighted by atomic mass is 19.2. The predicted molar refractivity (Wildman–Crippen MR) is 90.6 cm³/mol. The highest BCUT2D eigenvalue weighted by Crippen LogP contribution is 2.24. The Balaban J connectivity index is 2.14. The van der Waals surface area contributed by atoms with Crippen molar-refractivity contribution in [2.75, 3.05) is 6.54 Å². The third-order valence-corrected chi connectivity index (χ3v) is 3.63. The van der Waals surface area contributed by atoms with Crippen LogP contribution >= 0.6 is 0 Å². The number of carboxylic acid groups (broad SMARTS) is 1. The van der Waals surface area contributed by atoms with Crippen LogP contribution in [0.3, 0.4) is 0 Å². The number of nitrogens with one attached hydrogen (secondary N) is 1. The standard InChI is InChI=1S/C19H19F2NO4/c1-12(9-17(23)24)11-22-19(25)18(13-5-3-2-4-6-13)26-14-7-8-15(20)16(21)10-14/h2-8,10,12,18H,9,11H2,1H3,(H,22,25)(H,23,24). The Morgan fingerprint density at radius 2 is 1.81 bits per heavy atom. The van der Waals surface area contributed by atoms with E-state index in [1.165, 1.54) is 6.07 Å². The van der Waals surface area contributed by atoms with Gasteiger partial charge < -0.3 is 15.2 Å². The molecule has 138 valence electrons. The van der Waals surface area contributed by atoms with Gasteiger partial charge in [0.15, 0.2) is 11.6 Å². The number of ether oxygens (including phenoxy) is 1. The maximum absolute atomic E-state index is 13.4. The van der Waals surface area contributed by atoms with E-state index in [9.17, 15) is 18.4 Å². The minimum absolute atomic E-state index is 0.00601. The van der Waals surface area contributed by atoms with Crippen molar-refractivity contribution in [3.05, 3.63) is 65.7 Å². The van der Waals surface area contributed by atoms with Crippen molar-refractivity contribution in [1.82, 2.24) is 5.32 Å². The zero-order chi connectivity index (χ0) is 19.1. The fourth-order valence-electron chi connectivity index (χ4n) is 2.32. The quantitative estimate of drug-likeness (QED) is 0.754. The molecule has 2 unspecified atom stereocenters. The Labute approximate surface area is 149 Å². The van der Waals surface area contributed by atoms with Gasteiger partial charge in [0.05, 0.1) is 0 Å². The number of carbonyl (C=O) groups is 2. The molecule has 0 aromatic heterocycles. The molecule has 0 bridgehead atoms. The number of amides is 1. The van der Waals surface area contributed by atoms with Crippen molar-refractivity contribution in [3.63, 3.8) is 0 Å². The third-order valence-electron chi connectivity index (χ3n) is 3.63. The first-order valence-corrected chi connectivity index (χ1v) is 8.03. The summed E-state index contributed by atoms with van der Waals surface area (Å²) >= 11 is 0. The molecule has 0 saturated carbocycles. The molecule has 1 amide bonds. The summed E-state index contributed by atoms with van der Waals surface area (Å²) in [6.45, 7) is 1.84. The SMILES string of the molecule is CC(CNC(=O)C(Oc1ccc(F)c(F)c1)c1ccccc1)CC(=O)O. The van der Waals surface area contributed by atoms with E-state index >= 15 is 0 Å². The van der Waals surface area contributed by atoms with Crippen molar-refractivity contribution in [1.29, 1.82) is 0 Å². The van der Waals surface area contributed by atoms with Crippen LogP contribution < -0.4 is 10.1 Å². The molecule has 0 radical (unpaired) electrons. The number of hydrogen-bond acceptors (Lipinski definition) is 3. The molecule has 5 nitrogen and oxygen atoms in total. The summed E-state index contributed by atoms with van der Waals surface area (Å²) < 4.78 is 32.0. The number of carboxylic acids is 1. The number of halogens is 2. The summed E-state index contributed by atoms with van der Waals surface area (Å²) in [5.74, 6) is -3.81. The lowest BCUT2D eigenvalue weighted by molar-refractivity contribution is -0.138. The van der Waals surface area contributed by atoms with Crippen LogP contribution in [0.2, 0.25) is 0 Å². The van der Waals surface area contributed by atoms with Crippen molar-refractivity contribution >= 4 is 11.9 Å². The lowest BCUT2D eigenvalue weighted by Gasteiger charge is -2.20. The molecule has 0 heterocycles. The van der Waals surface area contributed by atoms with E-state index in [0.29, 0.717) is 5.56 Å². The maximum Gasteiger partial charge on any atom is 0.303 e. The van der Waals surface area contributed by atoms with Gasteiger partial charge in [0.1, 0.15) is 5.75 Å². The van der Waals surface area contributed by atoms with E-state index in [4.69, 9.17) is 9.84 Å². The fraction of sp³-hybridized carbons (Fsp3) is 0.263. The summed E-state index contributed by atoms with van der Waals surface area (Å²) in [6.07, 6.45) is -1.17. The molecule has 0 spiro atoms. The highest BCUT2D eigenvalue weighted by molar-refractivity contribution is 5.82. The monoisotopic (exact) mass is 363 g/mol. The molecular formula is C19H19F2NO4. The Hall–Kier alpha value is -2.96. The second-order valence-electron chi connectivity index (χ2n) is 5.93. The van der Waals surface area contributed by atoms with Gasteiger partial charge in [0.25, 0.3) is 5.91 Å². The van der Waals surface area contributed by atoms with Crippen molar-refractivity contribution in [2.45, 2.75) is 19.4 Å². The number of carbonyl (C=O) groups excluding carboxylic acids is 1. The molecule has 2 rings (SSSR count). The molecule has 0 aliphatic heterocycles. The lowest BCUT2D eigenvalue weighted by Crippen LogP contribution is -2.35. The number of hydrogen-bond donors (Lipinski definition) is 2. The first kappa shape index (κ1) is 19.4. The van der Waals surface area contributed by atoms with Crippen LogP contribution in [-0.2, 0) is 9.59 Å². The topological polar surface area (TPSA) is 75.6 Å². The zero-order valence-corrected chi connectivity index (χ0v) is 14.1. The van der Waals surface area contributed by atoms with E-state index in [-0.39, 0.29) is 24.6 Å². The molecule has 0 aliphatic carbocycles. The fourth-order valence-corrected chi connectivity index (χ4v) is 2.32. The largest absolute Gasteiger partial charge is 0.481 e. The van der Waals surface area contributed by atoms with Gasteiger partial charge in [-0.05, 0) is 18.1 Å². The summed E-state index contributed by atoms with van der Waals surface area (Å²) in [7, 11) is 0. The Morgan fingerprint density at radius 3 is 2.42 bits per heavy atom. The normalized spacial score (nSPS) is 12.9. The first-order valence-electron chi connectivity index (χ1n) is 8.03. The summed E-state index contributed by atoms with van der Waals surface area (Å²) in [6, 6.07) is 11.6. The number of rotatable bonds is 8. The molecule has 2 atom stereocenters. The van der Waals surface area contributed by atoms with Crippen LogP contribution in [0.25, 0.3) is 0 Å². The second-order valence-corrected chi connectivity index (χ2v) is 5.93. The average molecular weight is 363 g/mol. The summed E-state index contributed by atoms with van der Waals surface area (Å²) in [5.41, 5.74) is 0.528. The van der Waals surface area contributed by atoms with Crippen molar-refractivity contribution < 1.29 is 28.2 Å². The highest BCUT2D eigenvalue weighted by Gasteiger charge is 2.23. The number of aliphatic carboxylic acids is 1. The Kier molecular flexibility index (Phi) is 6.66. The molecular weight excluding hydrogens is 344 g/mol. The smallest absolute Gasteiger partial charge is 0.303 e. The van der Waals surface area contributed by atoms with E-state index in [0.717, 1.165) is 12.1 Å². The lowest BCUT2D eigenvalue weighted by atomic mass is 10.1. The van der Waals surface area contributed by atoms with Crippen LogP contribution in [0.4, 0.5) is 8.78 Å². The van der Waals surface area contributed by atoms with E-state index in [1.54, 1.807) is 37.3 Å².